The van der Waals surface area contributed by atoms with E-state index >= 15 is 0 Å². The zero-order chi connectivity index (χ0) is 16.5. The standard InChI is InChI=1S/C19H28N4.HI/c1-4-5-6-9-15(2)23-19(20-3)22-14-17-11-7-10-16-12-8-13-21-18(16)17;/h7-8,10-13,15H,4-6,9,14H2,1-3H3,(H2,20,22,23);1H. The molecule has 2 aromatic rings. The van der Waals surface area contributed by atoms with Crippen LogP contribution < -0.4 is 10.6 Å². The Labute approximate surface area is 162 Å². The van der Waals surface area contributed by atoms with E-state index in [4.69, 9.17) is 0 Å². The number of nitrogens with zero attached hydrogens (tertiary/aromatic N) is 2. The third-order valence-corrected chi connectivity index (χ3v) is 4.01. The van der Waals surface area contributed by atoms with Gasteiger partial charge in [0, 0.05) is 31.2 Å². The molecule has 0 aliphatic carbocycles. The largest absolute Gasteiger partial charge is 0.354 e. The smallest absolute Gasteiger partial charge is 0.191 e. The zero-order valence-corrected chi connectivity index (χ0v) is 17.2. The topological polar surface area (TPSA) is 49.3 Å². The average Bonchev–Trinajstić information content (AvgIpc) is 2.58. The molecule has 0 amide bonds. The zero-order valence-electron chi connectivity index (χ0n) is 14.9. The number of guanidine groups is 1. The van der Waals surface area contributed by atoms with Crippen molar-refractivity contribution in [2.75, 3.05) is 7.05 Å². The van der Waals surface area contributed by atoms with Crippen LogP contribution in [0.4, 0.5) is 0 Å². The molecule has 132 valence electrons. The van der Waals surface area contributed by atoms with Gasteiger partial charge in [0.1, 0.15) is 0 Å². The van der Waals surface area contributed by atoms with E-state index in [2.05, 4.69) is 58.7 Å². The van der Waals surface area contributed by atoms with E-state index in [1.54, 1.807) is 0 Å². The Morgan fingerprint density at radius 1 is 1.21 bits per heavy atom. The Kier molecular flexibility index (Phi) is 9.67. The summed E-state index contributed by atoms with van der Waals surface area (Å²) in [5.41, 5.74) is 2.23. The van der Waals surface area contributed by atoms with Crippen molar-refractivity contribution in [3.63, 3.8) is 0 Å². The van der Waals surface area contributed by atoms with Gasteiger partial charge in [-0.15, -0.1) is 24.0 Å². The summed E-state index contributed by atoms with van der Waals surface area (Å²) in [5.74, 6) is 0.849. The lowest BCUT2D eigenvalue weighted by Crippen LogP contribution is -2.41. The second kappa shape index (κ2) is 11.2. The molecule has 0 radical (unpaired) electrons. The van der Waals surface area contributed by atoms with E-state index in [9.17, 15) is 0 Å². The fourth-order valence-electron chi connectivity index (χ4n) is 2.69. The van der Waals surface area contributed by atoms with Crippen LogP contribution in [0.2, 0.25) is 0 Å². The molecule has 1 aromatic heterocycles. The van der Waals surface area contributed by atoms with Crippen molar-refractivity contribution in [2.45, 2.75) is 52.1 Å². The highest BCUT2D eigenvalue weighted by Crippen LogP contribution is 2.15. The molecule has 0 aliphatic rings. The number of aliphatic imine (C=N–C) groups is 1. The molecule has 0 bridgehead atoms. The first kappa shape index (κ1) is 20.7. The molecule has 2 rings (SSSR count). The molecule has 1 unspecified atom stereocenters. The van der Waals surface area contributed by atoms with E-state index < -0.39 is 0 Å². The Morgan fingerprint density at radius 3 is 2.75 bits per heavy atom. The van der Waals surface area contributed by atoms with Crippen LogP contribution in [-0.2, 0) is 6.54 Å². The van der Waals surface area contributed by atoms with Crippen molar-refractivity contribution >= 4 is 40.8 Å². The van der Waals surface area contributed by atoms with Gasteiger partial charge in [-0.25, -0.2) is 0 Å². The molecule has 0 saturated heterocycles. The summed E-state index contributed by atoms with van der Waals surface area (Å²) in [5, 5.41) is 8.03. The van der Waals surface area contributed by atoms with Crippen LogP contribution in [-0.4, -0.2) is 24.0 Å². The number of fused-ring (bicyclic) bond motifs is 1. The minimum Gasteiger partial charge on any atom is -0.354 e. The van der Waals surface area contributed by atoms with Crippen molar-refractivity contribution < 1.29 is 0 Å². The number of benzene rings is 1. The summed E-state index contributed by atoms with van der Waals surface area (Å²) in [7, 11) is 1.81. The monoisotopic (exact) mass is 440 g/mol. The first-order valence-electron chi connectivity index (χ1n) is 8.54. The summed E-state index contributed by atoms with van der Waals surface area (Å²) in [6.45, 7) is 5.16. The number of aromatic nitrogens is 1. The molecule has 2 N–H and O–H groups in total. The lowest BCUT2D eigenvalue weighted by atomic mass is 10.1. The number of pyridine rings is 1. The predicted molar refractivity (Wildman–Crippen MR) is 114 cm³/mol. The maximum absolute atomic E-state index is 4.50. The summed E-state index contributed by atoms with van der Waals surface area (Å²) < 4.78 is 0. The van der Waals surface area contributed by atoms with Crippen molar-refractivity contribution in [2.24, 2.45) is 4.99 Å². The van der Waals surface area contributed by atoms with Gasteiger partial charge >= 0.3 is 0 Å². The van der Waals surface area contributed by atoms with Gasteiger partial charge in [0.15, 0.2) is 5.96 Å². The number of para-hydroxylation sites is 1. The molecule has 4 nitrogen and oxygen atoms in total. The van der Waals surface area contributed by atoms with Crippen LogP contribution in [0.25, 0.3) is 10.9 Å². The van der Waals surface area contributed by atoms with Gasteiger partial charge in [0.25, 0.3) is 0 Å². The minimum absolute atomic E-state index is 0. The van der Waals surface area contributed by atoms with E-state index in [1.165, 1.54) is 36.6 Å². The molecule has 0 fully saturated rings. The van der Waals surface area contributed by atoms with Gasteiger partial charge in [0.05, 0.1) is 5.52 Å². The Balaban J connectivity index is 0.00000288. The van der Waals surface area contributed by atoms with Crippen LogP contribution in [0.5, 0.6) is 0 Å². The first-order chi connectivity index (χ1) is 11.2. The van der Waals surface area contributed by atoms with Crippen LogP contribution >= 0.6 is 24.0 Å². The molecular weight excluding hydrogens is 411 g/mol. The van der Waals surface area contributed by atoms with E-state index in [0.29, 0.717) is 6.04 Å². The molecule has 0 aliphatic heterocycles. The lowest BCUT2D eigenvalue weighted by Gasteiger charge is -2.18. The second-order valence-corrected chi connectivity index (χ2v) is 5.96. The maximum atomic E-state index is 4.50. The number of halogens is 1. The van der Waals surface area contributed by atoms with Crippen LogP contribution in [0.3, 0.4) is 0 Å². The van der Waals surface area contributed by atoms with E-state index in [1.807, 2.05) is 19.3 Å². The number of unbranched alkanes of at least 4 members (excludes halogenated alkanes) is 2. The fourth-order valence-corrected chi connectivity index (χ4v) is 2.69. The highest BCUT2D eigenvalue weighted by Gasteiger charge is 2.06. The van der Waals surface area contributed by atoms with Crippen LogP contribution in [0.15, 0.2) is 41.5 Å². The molecule has 0 spiro atoms. The van der Waals surface area contributed by atoms with Crippen molar-refractivity contribution in [3.05, 3.63) is 42.1 Å². The van der Waals surface area contributed by atoms with Gasteiger partial charge in [-0.2, -0.15) is 0 Å². The number of rotatable bonds is 7. The van der Waals surface area contributed by atoms with Crippen LogP contribution in [0, 0.1) is 0 Å². The third kappa shape index (κ3) is 6.26. The van der Waals surface area contributed by atoms with E-state index in [0.717, 1.165) is 18.0 Å². The summed E-state index contributed by atoms with van der Waals surface area (Å²) >= 11 is 0. The fraction of sp³-hybridized carbons (Fsp3) is 0.474. The maximum Gasteiger partial charge on any atom is 0.191 e. The highest BCUT2D eigenvalue weighted by molar-refractivity contribution is 14.0. The summed E-state index contributed by atoms with van der Waals surface area (Å²) in [4.78, 5) is 8.82. The van der Waals surface area contributed by atoms with Gasteiger partial charge in [-0.3, -0.25) is 9.98 Å². The Hall–Kier alpha value is -1.37. The second-order valence-electron chi connectivity index (χ2n) is 5.96. The molecule has 24 heavy (non-hydrogen) atoms. The number of hydrogen-bond donors (Lipinski definition) is 2. The van der Waals surface area contributed by atoms with E-state index in [-0.39, 0.29) is 24.0 Å². The van der Waals surface area contributed by atoms with Gasteiger partial charge < -0.3 is 10.6 Å². The van der Waals surface area contributed by atoms with Gasteiger partial charge in [0.2, 0.25) is 0 Å². The first-order valence-corrected chi connectivity index (χ1v) is 8.54. The molecule has 1 heterocycles. The third-order valence-electron chi connectivity index (χ3n) is 4.01. The SMILES string of the molecule is CCCCCC(C)NC(=NC)NCc1cccc2cccnc12.I. The molecular formula is C19H29IN4. The summed E-state index contributed by atoms with van der Waals surface area (Å²) in [6.07, 6.45) is 6.82. The highest BCUT2D eigenvalue weighted by atomic mass is 127. The summed E-state index contributed by atoms with van der Waals surface area (Å²) in [6, 6.07) is 10.8. The quantitative estimate of drug-likeness (QED) is 0.289. The predicted octanol–water partition coefficient (Wildman–Crippen LogP) is 4.49. The van der Waals surface area contributed by atoms with Crippen molar-refractivity contribution in [1.29, 1.82) is 0 Å². The normalized spacial score (nSPS) is 12.5. The average molecular weight is 440 g/mol. The van der Waals surface area contributed by atoms with Crippen molar-refractivity contribution in [3.8, 4) is 0 Å². The van der Waals surface area contributed by atoms with Crippen LogP contribution in [0.1, 0.15) is 45.1 Å². The lowest BCUT2D eigenvalue weighted by molar-refractivity contribution is 0.547. The molecule has 0 saturated carbocycles. The van der Waals surface area contributed by atoms with Gasteiger partial charge in [-0.1, -0.05) is 50.5 Å². The Morgan fingerprint density at radius 2 is 2.00 bits per heavy atom. The Bertz CT molecular complexity index is 637. The molecule has 5 heteroatoms. The minimum atomic E-state index is 0. The molecule has 1 atom stereocenters. The van der Waals surface area contributed by atoms with Crippen molar-refractivity contribution in [1.82, 2.24) is 15.6 Å². The molecule has 1 aromatic carbocycles. The number of hydrogen-bond acceptors (Lipinski definition) is 2. The van der Waals surface area contributed by atoms with Gasteiger partial charge in [-0.05, 0) is 25.0 Å². The number of nitrogens with one attached hydrogen (secondary N) is 2.